The molecular weight excluding hydrogens is 528 g/mol. The zero-order valence-electron chi connectivity index (χ0n) is 23.8. The number of hydrogen-bond acceptors (Lipinski definition) is 7. The second-order valence-electron chi connectivity index (χ2n) is 10.1. The Morgan fingerprint density at radius 3 is 2.50 bits per heavy atom. The van der Waals surface area contributed by atoms with E-state index in [-0.39, 0.29) is 11.5 Å². The molecule has 0 atom stereocenters. The van der Waals surface area contributed by atoms with Crippen molar-refractivity contribution in [3.8, 4) is 22.5 Å². The number of benzene rings is 3. The van der Waals surface area contributed by atoms with Crippen LogP contribution in [0.5, 0.6) is 0 Å². The predicted molar refractivity (Wildman–Crippen MR) is 162 cm³/mol. The van der Waals surface area contributed by atoms with Gasteiger partial charge in [-0.15, -0.1) is 10.2 Å². The van der Waals surface area contributed by atoms with Crippen LogP contribution in [0.4, 0.5) is 0 Å². The van der Waals surface area contributed by atoms with E-state index in [1.54, 1.807) is 10.6 Å². The number of nitrogens with one attached hydrogen (secondary N) is 2. The summed E-state index contributed by atoms with van der Waals surface area (Å²) < 4.78 is 1.78. The molecule has 0 bridgehead atoms. The van der Waals surface area contributed by atoms with Crippen molar-refractivity contribution in [3.05, 3.63) is 117 Å². The molecule has 5 rings (SSSR count). The summed E-state index contributed by atoms with van der Waals surface area (Å²) >= 11 is 0. The maximum absolute atomic E-state index is 13.9. The third-order valence-corrected chi connectivity index (χ3v) is 7.14. The van der Waals surface area contributed by atoms with E-state index in [0.29, 0.717) is 55.1 Å². The van der Waals surface area contributed by atoms with E-state index in [2.05, 4.69) is 32.9 Å². The molecule has 10 heteroatoms. The molecule has 0 radical (unpaired) electrons. The van der Waals surface area contributed by atoms with Crippen LogP contribution in [0.2, 0.25) is 0 Å². The van der Waals surface area contributed by atoms with Gasteiger partial charge in [-0.1, -0.05) is 67.6 Å². The molecule has 0 aliphatic carbocycles. The van der Waals surface area contributed by atoms with E-state index >= 15 is 0 Å². The number of nitrogens with zero attached hydrogens (tertiary/aromatic N) is 5. The number of carbonyl (C=O) groups excluding carboxylic acids is 1. The minimum absolute atomic E-state index is 0.0598. The van der Waals surface area contributed by atoms with Crippen molar-refractivity contribution in [1.29, 1.82) is 0 Å². The molecule has 3 aromatic carbocycles. The highest BCUT2D eigenvalue weighted by molar-refractivity contribution is 5.94. The molecule has 0 fully saturated rings. The molecule has 0 spiro atoms. The number of nitrogens with two attached hydrogens (primary N) is 1. The van der Waals surface area contributed by atoms with E-state index in [1.165, 1.54) is 0 Å². The molecule has 1 amide bonds. The predicted octanol–water partition coefficient (Wildman–Crippen LogP) is 3.68. The largest absolute Gasteiger partial charge is 0.351 e. The second-order valence-corrected chi connectivity index (χ2v) is 10.1. The third kappa shape index (κ3) is 6.34. The fraction of sp³-hybridized carbons (Fsp3) is 0.250. The first-order valence-electron chi connectivity index (χ1n) is 14.1. The molecule has 0 aliphatic rings. The van der Waals surface area contributed by atoms with Crippen molar-refractivity contribution >= 4 is 5.91 Å². The van der Waals surface area contributed by atoms with Crippen molar-refractivity contribution in [2.75, 3.05) is 13.1 Å². The number of aromatic amines is 1. The van der Waals surface area contributed by atoms with Crippen LogP contribution in [-0.4, -0.2) is 49.2 Å². The zero-order valence-corrected chi connectivity index (χ0v) is 23.8. The van der Waals surface area contributed by atoms with Crippen molar-refractivity contribution in [2.24, 2.45) is 5.73 Å². The van der Waals surface area contributed by atoms with Crippen LogP contribution in [-0.2, 0) is 19.4 Å². The average molecular weight is 563 g/mol. The van der Waals surface area contributed by atoms with Gasteiger partial charge in [0.2, 0.25) is 5.82 Å². The number of tetrazole rings is 1. The van der Waals surface area contributed by atoms with Gasteiger partial charge in [0, 0.05) is 48.3 Å². The van der Waals surface area contributed by atoms with Crippen LogP contribution in [0.3, 0.4) is 0 Å². The highest BCUT2D eigenvalue weighted by Gasteiger charge is 2.16. The lowest BCUT2D eigenvalue weighted by atomic mass is 9.98. The van der Waals surface area contributed by atoms with Crippen LogP contribution in [0, 0.1) is 6.92 Å². The molecular formula is C32H34N8O2. The Kier molecular flexibility index (Phi) is 8.93. The van der Waals surface area contributed by atoms with Gasteiger partial charge in [-0.2, -0.15) is 5.21 Å². The van der Waals surface area contributed by atoms with E-state index in [1.807, 2.05) is 73.7 Å². The Labute approximate surface area is 244 Å². The molecule has 214 valence electrons. The highest BCUT2D eigenvalue weighted by atomic mass is 16.1. The number of carbonyl (C=O) groups is 1. The lowest BCUT2D eigenvalue weighted by molar-refractivity contribution is 0.0954. The molecule has 5 aromatic rings. The first kappa shape index (κ1) is 28.6. The molecule has 0 saturated heterocycles. The number of hydrogen-bond donors (Lipinski definition) is 3. The van der Waals surface area contributed by atoms with Gasteiger partial charge < -0.3 is 11.1 Å². The SMILES string of the molecule is CCCc1nc(C)c(Cc2cccc(C(=O)NCCN)c2)c(=O)n1Cc1ccc(-c2ccccc2-c2nn[nH]n2)cc1. The Hall–Kier alpha value is -4.96. The van der Waals surface area contributed by atoms with Crippen LogP contribution >= 0.6 is 0 Å². The van der Waals surface area contributed by atoms with E-state index in [0.717, 1.165) is 40.1 Å². The summed E-state index contributed by atoms with van der Waals surface area (Å²) in [6.45, 7) is 5.14. The molecule has 0 unspecified atom stereocenters. The number of aryl methyl sites for hydroxylation is 2. The maximum atomic E-state index is 13.9. The van der Waals surface area contributed by atoms with Gasteiger partial charge in [-0.25, -0.2) is 4.98 Å². The Bertz CT molecular complexity index is 1730. The van der Waals surface area contributed by atoms with Gasteiger partial charge in [0.05, 0.1) is 6.54 Å². The molecule has 10 nitrogen and oxygen atoms in total. The first-order valence-corrected chi connectivity index (χ1v) is 14.1. The van der Waals surface area contributed by atoms with Crippen LogP contribution in [0.1, 0.15) is 51.9 Å². The molecule has 2 aromatic heterocycles. The second kappa shape index (κ2) is 13.1. The van der Waals surface area contributed by atoms with Crippen LogP contribution in [0.15, 0.2) is 77.6 Å². The summed E-state index contributed by atoms with van der Waals surface area (Å²) in [6.07, 6.45) is 1.95. The Morgan fingerprint density at radius 1 is 1.00 bits per heavy atom. The Balaban J connectivity index is 1.44. The highest BCUT2D eigenvalue weighted by Crippen LogP contribution is 2.29. The smallest absolute Gasteiger partial charge is 0.257 e. The summed E-state index contributed by atoms with van der Waals surface area (Å²) in [5, 5.41) is 17.3. The molecule has 0 aliphatic heterocycles. The van der Waals surface area contributed by atoms with E-state index in [4.69, 9.17) is 10.7 Å². The van der Waals surface area contributed by atoms with Crippen molar-refractivity contribution < 1.29 is 4.79 Å². The minimum Gasteiger partial charge on any atom is -0.351 e. The van der Waals surface area contributed by atoms with Gasteiger partial charge in [-0.05, 0) is 52.9 Å². The third-order valence-electron chi connectivity index (χ3n) is 7.14. The van der Waals surface area contributed by atoms with Gasteiger partial charge in [-0.3, -0.25) is 14.2 Å². The van der Waals surface area contributed by atoms with E-state index < -0.39 is 0 Å². The lowest BCUT2D eigenvalue weighted by Crippen LogP contribution is -2.30. The summed E-state index contributed by atoms with van der Waals surface area (Å²) in [5.41, 5.74) is 12.1. The topological polar surface area (TPSA) is 144 Å². The zero-order chi connectivity index (χ0) is 29.5. The number of H-pyrrole nitrogens is 1. The quantitative estimate of drug-likeness (QED) is 0.223. The van der Waals surface area contributed by atoms with Crippen LogP contribution < -0.4 is 16.6 Å². The minimum atomic E-state index is -0.184. The lowest BCUT2D eigenvalue weighted by Gasteiger charge is -2.16. The maximum Gasteiger partial charge on any atom is 0.257 e. The number of aromatic nitrogens is 6. The molecule has 2 heterocycles. The van der Waals surface area contributed by atoms with Crippen LogP contribution in [0.25, 0.3) is 22.5 Å². The molecule has 42 heavy (non-hydrogen) atoms. The molecule has 0 saturated carbocycles. The van der Waals surface area contributed by atoms with Crippen molar-refractivity contribution in [2.45, 2.75) is 39.7 Å². The average Bonchev–Trinajstić information content (AvgIpc) is 3.56. The van der Waals surface area contributed by atoms with Crippen molar-refractivity contribution in [1.82, 2.24) is 35.5 Å². The standard InChI is InChI=1S/C32H34N8O2/c1-3-7-29-35-21(2)28(19-23-8-6-9-25(18-23)31(41)34-17-16-33)32(42)40(29)20-22-12-14-24(15-13-22)26-10-4-5-11-27(26)30-36-38-39-37-30/h4-6,8-15,18H,3,7,16-17,19-20,33H2,1-2H3,(H,34,41)(H,36,37,38,39). The summed E-state index contributed by atoms with van der Waals surface area (Å²) in [6, 6.07) is 23.4. The van der Waals surface area contributed by atoms with Gasteiger partial charge in [0.25, 0.3) is 11.5 Å². The summed E-state index contributed by atoms with van der Waals surface area (Å²) in [7, 11) is 0. The van der Waals surface area contributed by atoms with E-state index in [9.17, 15) is 9.59 Å². The normalized spacial score (nSPS) is 11.0. The first-order chi connectivity index (χ1) is 20.5. The Morgan fingerprint density at radius 2 is 1.79 bits per heavy atom. The number of rotatable bonds is 11. The van der Waals surface area contributed by atoms with Gasteiger partial charge in [0.1, 0.15) is 5.82 Å². The fourth-order valence-electron chi connectivity index (χ4n) is 5.03. The van der Waals surface area contributed by atoms with Gasteiger partial charge in [0.15, 0.2) is 0 Å². The summed E-state index contributed by atoms with van der Waals surface area (Å²) in [4.78, 5) is 31.2. The van der Waals surface area contributed by atoms with Gasteiger partial charge >= 0.3 is 0 Å². The molecule has 4 N–H and O–H groups in total. The number of amides is 1. The van der Waals surface area contributed by atoms with Crippen molar-refractivity contribution in [3.63, 3.8) is 0 Å². The fourth-order valence-corrected chi connectivity index (χ4v) is 5.03. The summed E-state index contributed by atoms with van der Waals surface area (Å²) in [5.74, 6) is 1.12. The monoisotopic (exact) mass is 562 g/mol.